The van der Waals surface area contributed by atoms with Gasteiger partial charge in [0.05, 0.1) is 10.5 Å². The molecular formula is C14H19BrN2O3. The Morgan fingerprint density at radius 1 is 1.40 bits per heavy atom. The molecule has 0 saturated carbocycles. The van der Waals surface area contributed by atoms with E-state index in [9.17, 15) is 14.9 Å². The van der Waals surface area contributed by atoms with Crippen LogP contribution in [0.25, 0.3) is 0 Å². The van der Waals surface area contributed by atoms with E-state index < -0.39 is 4.92 Å². The molecule has 1 aromatic rings. The van der Waals surface area contributed by atoms with E-state index in [1.807, 2.05) is 6.92 Å². The minimum Gasteiger partial charge on any atom is -0.349 e. The average Bonchev–Trinajstić information content (AvgIpc) is 2.40. The molecule has 1 amide bonds. The molecule has 0 spiro atoms. The van der Waals surface area contributed by atoms with Gasteiger partial charge in [0.15, 0.2) is 0 Å². The van der Waals surface area contributed by atoms with Crippen LogP contribution in [0.15, 0.2) is 22.7 Å². The summed E-state index contributed by atoms with van der Waals surface area (Å²) in [5.41, 5.74) is 0.200. The fraction of sp³-hybridized carbons (Fsp3) is 0.500. The maximum absolute atomic E-state index is 12.2. The number of carbonyl (C=O) groups is 1. The zero-order chi connectivity index (χ0) is 15.3. The van der Waals surface area contributed by atoms with Gasteiger partial charge < -0.3 is 5.32 Å². The Morgan fingerprint density at radius 2 is 2.00 bits per heavy atom. The standard InChI is InChI=1S/C14H19BrN2O3/c1-4-10(5-2)9(3)16-14(18)12-8-11(17(19)20)6-7-13(12)15/h6-10H,4-5H2,1-3H3,(H,16,18). The van der Waals surface area contributed by atoms with Crippen molar-refractivity contribution in [2.75, 3.05) is 0 Å². The SMILES string of the molecule is CCC(CC)C(C)NC(=O)c1cc([N+](=O)[O-])ccc1Br. The van der Waals surface area contributed by atoms with Crippen molar-refractivity contribution in [1.82, 2.24) is 5.32 Å². The van der Waals surface area contributed by atoms with Crippen LogP contribution in [0.3, 0.4) is 0 Å². The maximum atomic E-state index is 12.2. The van der Waals surface area contributed by atoms with E-state index in [1.54, 1.807) is 0 Å². The number of nitrogens with zero attached hydrogens (tertiary/aromatic N) is 1. The maximum Gasteiger partial charge on any atom is 0.270 e. The lowest BCUT2D eigenvalue weighted by Gasteiger charge is -2.22. The lowest BCUT2D eigenvalue weighted by molar-refractivity contribution is -0.384. The highest BCUT2D eigenvalue weighted by Crippen LogP contribution is 2.23. The summed E-state index contributed by atoms with van der Waals surface area (Å²) >= 11 is 3.26. The first-order valence-corrected chi connectivity index (χ1v) is 7.44. The molecule has 6 heteroatoms. The molecule has 0 aliphatic heterocycles. The molecule has 0 bridgehead atoms. The van der Waals surface area contributed by atoms with Crippen molar-refractivity contribution in [3.05, 3.63) is 38.3 Å². The van der Waals surface area contributed by atoms with Gasteiger partial charge in [-0.3, -0.25) is 14.9 Å². The minimum atomic E-state index is -0.506. The molecule has 0 fully saturated rings. The number of amides is 1. The highest BCUT2D eigenvalue weighted by molar-refractivity contribution is 9.10. The van der Waals surface area contributed by atoms with Crippen molar-refractivity contribution in [2.45, 2.75) is 39.7 Å². The zero-order valence-corrected chi connectivity index (χ0v) is 13.4. The summed E-state index contributed by atoms with van der Waals surface area (Å²) < 4.78 is 0.553. The molecule has 0 aliphatic carbocycles. The Kier molecular flexibility index (Phi) is 6.13. The summed E-state index contributed by atoms with van der Waals surface area (Å²) in [6, 6.07) is 4.21. The van der Waals surface area contributed by atoms with Crippen LogP contribution in [-0.2, 0) is 0 Å². The van der Waals surface area contributed by atoms with Gasteiger partial charge in [-0.05, 0) is 34.8 Å². The number of nitro benzene ring substituents is 1. The van der Waals surface area contributed by atoms with Crippen LogP contribution in [-0.4, -0.2) is 16.9 Å². The number of carbonyl (C=O) groups excluding carboxylic acids is 1. The van der Waals surface area contributed by atoms with Crippen LogP contribution in [0.2, 0.25) is 0 Å². The third-order valence-corrected chi connectivity index (χ3v) is 4.21. The smallest absolute Gasteiger partial charge is 0.270 e. The highest BCUT2D eigenvalue weighted by Gasteiger charge is 2.20. The number of halogens is 1. The number of nitro groups is 1. The first-order valence-electron chi connectivity index (χ1n) is 6.65. The third-order valence-electron chi connectivity index (χ3n) is 3.52. The second-order valence-electron chi connectivity index (χ2n) is 4.76. The summed E-state index contributed by atoms with van der Waals surface area (Å²) in [6.45, 7) is 6.13. The molecule has 20 heavy (non-hydrogen) atoms. The Bertz CT molecular complexity index is 501. The van der Waals surface area contributed by atoms with Gasteiger partial charge in [0.2, 0.25) is 0 Å². The number of hydrogen-bond acceptors (Lipinski definition) is 3. The van der Waals surface area contributed by atoms with E-state index in [1.165, 1.54) is 18.2 Å². The lowest BCUT2D eigenvalue weighted by Crippen LogP contribution is -2.37. The van der Waals surface area contributed by atoms with Gasteiger partial charge in [-0.2, -0.15) is 0 Å². The minimum absolute atomic E-state index is 0.0312. The first kappa shape index (κ1) is 16.6. The predicted octanol–water partition coefficient (Wildman–Crippen LogP) is 3.91. The van der Waals surface area contributed by atoms with Crippen molar-refractivity contribution in [1.29, 1.82) is 0 Å². The number of nitrogens with one attached hydrogen (secondary N) is 1. The summed E-state index contributed by atoms with van der Waals surface area (Å²) in [4.78, 5) is 22.5. The van der Waals surface area contributed by atoms with Crippen molar-refractivity contribution >= 4 is 27.5 Å². The zero-order valence-electron chi connectivity index (χ0n) is 11.9. The van der Waals surface area contributed by atoms with Gasteiger partial charge in [-0.25, -0.2) is 0 Å². The van der Waals surface area contributed by atoms with Gasteiger partial charge in [0.1, 0.15) is 0 Å². The largest absolute Gasteiger partial charge is 0.349 e. The number of hydrogen-bond donors (Lipinski definition) is 1. The van der Waals surface area contributed by atoms with Gasteiger partial charge >= 0.3 is 0 Å². The molecule has 5 nitrogen and oxygen atoms in total. The molecule has 1 unspecified atom stereocenters. The fourth-order valence-corrected chi connectivity index (χ4v) is 2.63. The van der Waals surface area contributed by atoms with Gasteiger partial charge in [-0.15, -0.1) is 0 Å². The normalized spacial score (nSPS) is 12.2. The molecule has 0 radical (unpaired) electrons. The predicted molar refractivity (Wildman–Crippen MR) is 81.8 cm³/mol. The van der Waals surface area contributed by atoms with Crippen molar-refractivity contribution in [2.24, 2.45) is 5.92 Å². The van der Waals surface area contributed by atoms with Crippen LogP contribution in [0.5, 0.6) is 0 Å². The van der Waals surface area contributed by atoms with Crippen molar-refractivity contribution in [3.63, 3.8) is 0 Å². The van der Waals surface area contributed by atoms with Crippen LogP contribution in [0.4, 0.5) is 5.69 Å². The van der Waals surface area contributed by atoms with E-state index in [0.717, 1.165) is 12.8 Å². The average molecular weight is 343 g/mol. The monoisotopic (exact) mass is 342 g/mol. The third kappa shape index (κ3) is 4.03. The van der Waals surface area contributed by atoms with Gasteiger partial charge in [0, 0.05) is 22.6 Å². The van der Waals surface area contributed by atoms with Crippen LogP contribution >= 0.6 is 15.9 Å². The Balaban J connectivity index is 2.92. The van der Waals surface area contributed by atoms with Crippen LogP contribution in [0.1, 0.15) is 44.0 Å². The molecule has 1 atom stereocenters. The summed E-state index contributed by atoms with van der Waals surface area (Å²) in [5.74, 6) is 0.108. The van der Waals surface area contributed by atoms with E-state index in [4.69, 9.17) is 0 Å². The lowest BCUT2D eigenvalue weighted by atomic mass is 9.95. The topological polar surface area (TPSA) is 72.2 Å². The summed E-state index contributed by atoms with van der Waals surface area (Å²) in [6.07, 6.45) is 1.96. The second kappa shape index (κ2) is 7.38. The Hall–Kier alpha value is -1.43. The number of rotatable bonds is 6. The van der Waals surface area contributed by atoms with E-state index in [-0.39, 0.29) is 23.2 Å². The Morgan fingerprint density at radius 3 is 2.50 bits per heavy atom. The molecule has 1 aromatic carbocycles. The molecule has 0 aliphatic rings. The number of benzene rings is 1. The van der Waals surface area contributed by atoms with E-state index >= 15 is 0 Å². The van der Waals surface area contributed by atoms with E-state index in [2.05, 4.69) is 35.1 Å². The van der Waals surface area contributed by atoms with Crippen molar-refractivity contribution < 1.29 is 9.72 Å². The quantitative estimate of drug-likeness (QED) is 0.629. The van der Waals surface area contributed by atoms with Gasteiger partial charge in [0.25, 0.3) is 11.6 Å². The van der Waals surface area contributed by atoms with E-state index in [0.29, 0.717) is 10.4 Å². The molecule has 110 valence electrons. The van der Waals surface area contributed by atoms with Crippen molar-refractivity contribution in [3.8, 4) is 0 Å². The van der Waals surface area contributed by atoms with Gasteiger partial charge in [-0.1, -0.05) is 26.7 Å². The highest BCUT2D eigenvalue weighted by atomic mass is 79.9. The summed E-state index contributed by atoms with van der Waals surface area (Å²) in [7, 11) is 0. The second-order valence-corrected chi connectivity index (χ2v) is 5.61. The molecule has 1 rings (SSSR count). The summed E-state index contributed by atoms with van der Waals surface area (Å²) in [5, 5.41) is 13.7. The van der Waals surface area contributed by atoms with Crippen LogP contribution < -0.4 is 5.32 Å². The number of non-ortho nitro benzene ring substituents is 1. The molecule has 0 heterocycles. The molecular weight excluding hydrogens is 324 g/mol. The molecule has 1 N–H and O–H groups in total. The van der Waals surface area contributed by atoms with Crippen LogP contribution in [0, 0.1) is 16.0 Å². The first-order chi connectivity index (χ1) is 9.40. The molecule has 0 saturated heterocycles. The fourth-order valence-electron chi connectivity index (χ4n) is 2.20. The molecule has 0 aromatic heterocycles. The Labute approximate surface area is 127 Å².